The van der Waals surface area contributed by atoms with Crippen LogP contribution in [-0.2, 0) is 4.74 Å². The quantitative estimate of drug-likeness (QED) is 0.841. The van der Waals surface area contributed by atoms with Gasteiger partial charge >= 0.3 is 6.09 Å². The molecule has 1 heterocycles. The highest BCUT2D eigenvalue weighted by Gasteiger charge is 2.23. The Bertz CT molecular complexity index is 475. The third-order valence-electron chi connectivity index (χ3n) is 2.62. The van der Waals surface area contributed by atoms with Crippen LogP contribution >= 0.6 is 11.6 Å². The van der Waals surface area contributed by atoms with Crippen molar-refractivity contribution in [2.75, 3.05) is 6.54 Å². The highest BCUT2D eigenvalue weighted by molar-refractivity contribution is 6.30. The van der Waals surface area contributed by atoms with E-state index in [1.54, 1.807) is 20.8 Å². The first-order chi connectivity index (χ1) is 9.14. The van der Waals surface area contributed by atoms with E-state index in [0.717, 1.165) is 16.8 Å². The van der Waals surface area contributed by atoms with Crippen molar-refractivity contribution in [2.24, 2.45) is 5.73 Å². The summed E-state index contributed by atoms with van der Waals surface area (Å²) in [4.78, 5) is 16.0. The molecule has 0 fully saturated rings. The summed E-state index contributed by atoms with van der Waals surface area (Å²) in [6.07, 6.45) is -0.524. The second-order valence-electron chi connectivity index (χ2n) is 5.72. The molecule has 112 valence electrons. The van der Waals surface area contributed by atoms with Gasteiger partial charge in [0.1, 0.15) is 10.8 Å². The predicted octanol–water partition coefficient (Wildman–Crippen LogP) is 2.88. The van der Waals surface area contributed by atoms with Crippen LogP contribution in [0.1, 0.15) is 43.6 Å². The van der Waals surface area contributed by atoms with Crippen molar-refractivity contribution in [3.63, 3.8) is 0 Å². The molecule has 1 unspecified atom stereocenters. The summed E-state index contributed by atoms with van der Waals surface area (Å²) in [6.45, 7) is 9.39. The average Bonchev–Trinajstić information content (AvgIpc) is 2.23. The van der Waals surface area contributed by atoms with Gasteiger partial charge in [-0.25, -0.2) is 9.78 Å². The lowest BCUT2D eigenvalue weighted by atomic mass is 10.0. The number of carbonyl (C=O) groups excluding carboxylic acids is 1. The zero-order valence-corrected chi connectivity index (χ0v) is 13.3. The lowest BCUT2D eigenvalue weighted by Gasteiger charge is -2.24. The molecule has 0 aromatic carbocycles. The monoisotopic (exact) mass is 299 g/mol. The SMILES string of the molecule is Cc1cc(C)c(C(CN)NC(=O)OC(C)(C)C)c(Cl)n1. The average molecular weight is 300 g/mol. The molecule has 20 heavy (non-hydrogen) atoms. The molecule has 0 aliphatic rings. The number of hydrogen-bond donors (Lipinski definition) is 2. The van der Waals surface area contributed by atoms with Crippen LogP contribution in [0.15, 0.2) is 6.07 Å². The number of aromatic nitrogens is 1. The van der Waals surface area contributed by atoms with Gasteiger partial charge in [0.05, 0.1) is 6.04 Å². The van der Waals surface area contributed by atoms with Gasteiger partial charge in [-0.05, 0) is 46.2 Å². The molecule has 0 radical (unpaired) electrons. The van der Waals surface area contributed by atoms with E-state index in [2.05, 4.69) is 10.3 Å². The highest BCUT2D eigenvalue weighted by Crippen LogP contribution is 2.25. The Morgan fingerprint density at radius 1 is 1.50 bits per heavy atom. The second-order valence-corrected chi connectivity index (χ2v) is 6.08. The Labute approximate surface area is 124 Å². The number of nitrogens with one attached hydrogen (secondary N) is 1. The number of rotatable bonds is 3. The number of aryl methyl sites for hydroxylation is 2. The second kappa shape index (κ2) is 6.41. The van der Waals surface area contributed by atoms with E-state index in [9.17, 15) is 4.79 Å². The molecule has 1 aromatic rings. The highest BCUT2D eigenvalue weighted by atomic mass is 35.5. The summed E-state index contributed by atoms with van der Waals surface area (Å²) in [5.41, 5.74) is 7.66. The van der Waals surface area contributed by atoms with E-state index in [1.807, 2.05) is 19.9 Å². The molecule has 0 bridgehead atoms. The zero-order valence-electron chi connectivity index (χ0n) is 12.6. The smallest absolute Gasteiger partial charge is 0.408 e. The van der Waals surface area contributed by atoms with Crippen molar-refractivity contribution in [1.82, 2.24) is 10.3 Å². The molecule has 3 N–H and O–H groups in total. The van der Waals surface area contributed by atoms with Crippen LogP contribution in [0.25, 0.3) is 0 Å². The van der Waals surface area contributed by atoms with Gasteiger partial charge in [0.15, 0.2) is 0 Å². The normalized spacial score (nSPS) is 12.9. The first-order valence-corrected chi connectivity index (χ1v) is 6.85. The summed E-state index contributed by atoms with van der Waals surface area (Å²) < 4.78 is 5.23. The topological polar surface area (TPSA) is 77.2 Å². The van der Waals surface area contributed by atoms with Crippen molar-refractivity contribution in [1.29, 1.82) is 0 Å². The Morgan fingerprint density at radius 2 is 2.10 bits per heavy atom. The van der Waals surface area contributed by atoms with Crippen LogP contribution in [-0.4, -0.2) is 23.2 Å². The van der Waals surface area contributed by atoms with E-state index in [4.69, 9.17) is 22.1 Å². The van der Waals surface area contributed by atoms with E-state index in [1.165, 1.54) is 0 Å². The van der Waals surface area contributed by atoms with E-state index < -0.39 is 17.7 Å². The molecule has 0 saturated carbocycles. The van der Waals surface area contributed by atoms with Gasteiger partial charge < -0.3 is 15.8 Å². The van der Waals surface area contributed by atoms with Gasteiger partial charge in [-0.1, -0.05) is 11.6 Å². The Balaban J connectivity index is 2.95. The third-order valence-corrected chi connectivity index (χ3v) is 2.91. The molecule has 1 aromatic heterocycles. The number of halogens is 1. The molecule has 0 saturated heterocycles. The molecular formula is C14H22ClN3O2. The third kappa shape index (κ3) is 4.65. The minimum atomic E-state index is -0.562. The number of ether oxygens (including phenoxy) is 1. The number of pyridine rings is 1. The molecule has 1 amide bonds. The van der Waals surface area contributed by atoms with Crippen LogP contribution in [0.4, 0.5) is 4.79 Å². The maximum absolute atomic E-state index is 11.8. The number of hydrogen-bond acceptors (Lipinski definition) is 4. The molecule has 1 atom stereocenters. The molecule has 0 spiro atoms. The molecular weight excluding hydrogens is 278 g/mol. The number of nitrogens with two attached hydrogens (primary N) is 1. The van der Waals surface area contributed by atoms with Crippen LogP contribution in [0.2, 0.25) is 5.15 Å². The number of amides is 1. The fraction of sp³-hybridized carbons (Fsp3) is 0.571. The van der Waals surface area contributed by atoms with Gasteiger partial charge in [-0.15, -0.1) is 0 Å². The van der Waals surface area contributed by atoms with E-state index in [0.29, 0.717) is 5.15 Å². The fourth-order valence-electron chi connectivity index (χ4n) is 1.92. The molecule has 5 nitrogen and oxygen atoms in total. The minimum absolute atomic E-state index is 0.213. The zero-order chi connectivity index (χ0) is 15.5. The van der Waals surface area contributed by atoms with E-state index in [-0.39, 0.29) is 6.54 Å². The first-order valence-electron chi connectivity index (χ1n) is 6.47. The number of alkyl carbamates (subject to hydrolysis) is 1. The summed E-state index contributed by atoms with van der Waals surface area (Å²) in [7, 11) is 0. The molecule has 0 aliphatic carbocycles. The maximum atomic E-state index is 11.8. The standard InChI is InChI=1S/C14H22ClN3O2/c1-8-6-9(2)17-12(15)11(8)10(7-16)18-13(19)20-14(3,4)5/h6,10H,7,16H2,1-5H3,(H,18,19). The van der Waals surface area contributed by atoms with Crippen molar-refractivity contribution < 1.29 is 9.53 Å². The van der Waals surface area contributed by atoms with Crippen molar-refractivity contribution in [3.8, 4) is 0 Å². The van der Waals surface area contributed by atoms with Gasteiger partial charge in [-0.2, -0.15) is 0 Å². The lowest BCUT2D eigenvalue weighted by Crippen LogP contribution is -2.38. The van der Waals surface area contributed by atoms with Crippen LogP contribution < -0.4 is 11.1 Å². The van der Waals surface area contributed by atoms with Crippen LogP contribution in [0.5, 0.6) is 0 Å². The van der Waals surface area contributed by atoms with Crippen LogP contribution in [0.3, 0.4) is 0 Å². The summed E-state index contributed by atoms with van der Waals surface area (Å²) in [5, 5.41) is 3.09. The Hall–Kier alpha value is -1.33. The van der Waals surface area contributed by atoms with Crippen molar-refractivity contribution in [2.45, 2.75) is 46.3 Å². The van der Waals surface area contributed by atoms with Crippen molar-refractivity contribution in [3.05, 3.63) is 28.0 Å². The number of nitrogens with zero attached hydrogens (tertiary/aromatic N) is 1. The summed E-state index contributed by atoms with van der Waals surface area (Å²) in [5.74, 6) is 0. The van der Waals surface area contributed by atoms with Gasteiger partial charge in [0.25, 0.3) is 0 Å². The Morgan fingerprint density at radius 3 is 2.55 bits per heavy atom. The van der Waals surface area contributed by atoms with Gasteiger partial charge in [0, 0.05) is 17.8 Å². The van der Waals surface area contributed by atoms with Gasteiger partial charge in [-0.3, -0.25) is 0 Å². The van der Waals surface area contributed by atoms with E-state index >= 15 is 0 Å². The number of carbonyl (C=O) groups is 1. The first kappa shape index (κ1) is 16.7. The van der Waals surface area contributed by atoms with Crippen molar-refractivity contribution >= 4 is 17.7 Å². The summed E-state index contributed by atoms with van der Waals surface area (Å²) in [6, 6.07) is 1.48. The Kier molecular flexibility index (Phi) is 5.36. The summed E-state index contributed by atoms with van der Waals surface area (Å²) >= 11 is 6.17. The van der Waals surface area contributed by atoms with Crippen LogP contribution in [0, 0.1) is 13.8 Å². The molecule has 6 heteroatoms. The minimum Gasteiger partial charge on any atom is -0.444 e. The molecule has 0 aliphatic heterocycles. The van der Waals surface area contributed by atoms with Gasteiger partial charge in [0.2, 0.25) is 0 Å². The fourth-order valence-corrected chi connectivity index (χ4v) is 2.33. The maximum Gasteiger partial charge on any atom is 0.408 e. The predicted molar refractivity (Wildman–Crippen MR) is 79.9 cm³/mol. The largest absolute Gasteiger partial charge is 0.444 e. The molecule has 1 rings (SSSR count). The lowest BCUT2D eigenvalue weighted by molar-refractivity contribution is 0.0505.